The second-order valence-corrected chi connectivity index (χ2v) is 6.50. The number of pyridine rings is 1. The van der Waals surface area contributed by atoms with Crippen LogP contribution in [0.15, 0.2) is 54.7 Å². The maximum atomic E-state index is 12.6. The van der Waals surface area contributed by atoms with Crippen LogP contribution in [0.3, 0.4) is 0 Å². The van der Waals surface area contributed by atoms with Crippen molar-refractivity contribution in [1.82, 2.24) is 4.98 Å². The Labute approximate surface area is 189 Å². The smallest absolute Gasteiger partial charge is 0.274 e. The minimum absolute atomic E-state index is 0. The number of benzene rings is 2. The fourth-order valence-electron chi connectivity index (χ4n) is 2.79. The van der Waals surface area contributed by atoms with Gasteiger partial charge in [0.2, 0.25) is 0 Å². The third-order valence-electron chi connectivity index (χ3n) is 4.34. The fraction of sp³-hybridized carbons (Fsp3) is 0.0909. The van der Waals surface area contributed by atoms with Crippen molar-refractivity contribution in [3.63, 3.8) is 0 Å². The van der Waals surface area contributed by atoms with Crippen LogP contribution < -0.4 is 11.1 Å². The summed E-state index contributed by atoms with van der Waals surface area (Å²) < 4.78 is 0. The number of hydrogen-bond acceptors (Lipinski definition) is 5. The molecule has 0 aliphatic carbocycles. The van der Waals surface area contributed by atoms with Gasteiger partial charge in [-0.3, -0.25) is 10.2 Å². The first-order valence-corrected chi connectivity index (χ1v) is 8.62. The molecule has 0 aliphatic heterocycles. The van der Waals surface area contributed by atoms with Crippen molar-refractivity contribution in [3.8, 4) is 6.07 Å². The summed E-state index contributed by atoms with van der Waals surface area (Å²) in [4.78, 5) is 16.6. The maximum absolute atomic E-state index is 12.6. The lowest BCUT2D eigenvalue weighted by molar-refractivity contribution is 0.102. The third kappa shape index (κ3) is 4.97. The number of aromatic nitrogens is 1. The zero-order valence-electron chi connectivity index (χ0n) is 16.0. The summed E-state index contributed by atoms with van der Waals surface area (Å²) in [7, 11) is 0. The Hall–Kier alpha value is -3.25. The normalized spacial score (nSPS) is 9.83. The summed E-state index contributed by atoms with van der Waals surface area (Å²) in [6.45, 7) is 3.71. The van der Waals surface area contributed by atoms with Crippen molar-refractivity contribution in [2.75, 3.05) is 11.1 Å². The maximum Gasteiger partial charge on any atom is 0.274 e. The minimum atomic E-state index is -0.389. The molecule has 1 aromatic heterocycles. The molecule has 1 amide bonds. The molecule has 0 saturated carbocycles. The van der Waals surface area contributed by atoms with E-state index in [0.717, 1.165) is 11.1 Å². The average molecular weight is 501 g/mol. The molecule has 4 N–H and O–H groups in total. The van der Waals surface area contributed by atoms with Gasteiger partial charge in [-0.15, -0.1) is 24.0 Å². The molecule has 0 spiro atoms. The van der Waals surface area contributed by atoms with Crippen molar-refractivity contribution in [2.24, 2.45) is 0 Å². The van der Waals surface area contributed by atoms with Crippen LogP contribution in [0.25, 0.3) is 0 Å². The molecular formula is C22H24IN5O. The third-order valence-corrected chi connectivity index (χ3v) is 4.34. The lowest BCUT2D eigenvalue weighted by Crippen LogP contribution is -2.16. The topological polar surface area (TPSA) is 116 Å². The molecule has 3 aromatic rings. The van der Waals surface area contributed by atoms with E-state index in [9.17, 15) is 4.79 Å². The van der Waals surface area contributed by atoms with Crippen molar-refractivity contribution < 1.29 is 7.65 Å². The van der Waals surface area contributed by atoms with Crippen LogP contribution in [-0.2, 0) is 0 Å². The number of carbonyl (C=O) groups is 1. The van der Waals surface area contributed by atoms with Crippen LogP contribution in [0.4, 0.5) is 11.4 Å². The van der Waals surface area contributed by atoms with Gasteiger partial charge >= 0.3 is 0 Å². The van der Waals surface area contributed by atoms with E-state index in [1.165, 1.54) is 6.20 Å². The number of carbonyl (C=O) groups excluding carboxylic acids is 1. The molecule has 0 saturated heterocycles. The van der Waals surface area contributed by atoms with Gasteiger partial charge in [0, 0.05) is 31.6 Å². The van der Waals surface area contributed by atoms with Crippen LogP contribution in [0.1, 0.15) is 41.2 Å². The number of nitrogens with one attached hydrogen (secondary N) is 2. The lowest BCUT2D eigenvalue weighted by Gasteiger charge is -2.12. The number of anilines is 2. The number of amides is 1. The molecule has 0 atom stereocenters. The first kappa shape index (κ1) is 22.0. The van der Waals surface area contributed by atoms with Crippen molar-refractivity contribution in [2.45, 2.75) is 13.8 Å². The van der Waals surface area contributed by atoms with E-state index < -0.39 is 0 Å². The minimum Gasteiger partial charge on any atom is -0.398 e. The number of hydrogen-bond donors (Lipinski definition) is 3. The number of nitrogens with two attached hydrogens (primary N) is 1. The zero-order valence-corrected chi connectivity index (χ0v) is 18.3. The average Bonchev–Trinajstić information content (AvgIpc) is 2.69. The van der Waals surface area contributed by atoms with Gasteiger partial charge in [0.05, 0.1) is 11.3 Å². The summed E-state index contributed by atoms with van der Waals surface area (Å²) in [5.74, 6) is -0.389. The Balaban J connectivity index is 0.00000300. The van der Waals surface area contributed by atoms with E-state index in [0.29, 0.717) is 28.1 Å². The van der Waals surface area contributed by atoms with Gasteiger partial charge in [0.25, 0.3) is 5.91 Å². The van der Waals surface area contributed by atoms with Gasteiger partial charge in [-0.1, -0.05) is 29.8 Å². The molecule has 0 radical (unpaired) electrons. The lowest BCUT2D eigenvalue weighted by atomic mass is 9.99. The molecule has 7 heteroatoms. The Morgan fingerprint density at radius 1 is 1.17 bits per heavy atom. The standard InChI is InChI=1S/C22H19N5O.HI.2H2/c1-13-3-5-16(6-4-13)20(25)18-10-17(7-8-19(18)24)27-22(28)21-14(2)9-15(11-23)12-26-21;;;/h3-10,12,25H,24H2,1-2H3,(H,27,28);3*1H. The van der Waals surface area contributed by atoms with Gasteiger partial charge in [-0.2, -0.15) is 5.26 Å². The second-order valence-electron chi connectivity index (χ2n) is 6.50. The highest BCUT2D eigenvalue weighted by molar-refractivity contribution is 14.0. The molecule has 29 heavy (non-hydrogen) atoms. The fourth-order valence-corrected chi connectivity index (χ4v) is 2.79. The molecule has 6 nitrogen and oxygen atoms in total. The number of nitrogens with zero attached hydrogens (tertiary/aromatic N) is 2. The monoisotopic (exact) mass is 501 g/mol. The van der Waals surface area contributed by atoms with Crippen LogP contribution >= 0.6 is 24.0 Å². The summed E-state index contributed by atoms with van der Waals surface area (Å²) in [6.07, 6.45) is 1.36. The molecule has 3 rings (SSSR count). The van der Waals surface area contributed by atoms with Crippen LogP contribution in [0.2, 0.25) is 0 Å². The van der Waals surface area contributed by atoms with Crippen LogP contribution in [0.5, 0.6) is 0 Å². The van der Waals surface area contributed by atoms with Crippen molar-refractivity contribution in [1.29, 1.82) is 10.7 Å². The largest absolute Gasteiger partial charge is 0.398 e. The molecule has 0 fully saturated rings. The van der Waals surface area contributed by atoms with Gasteiger partial charge in [0.15, 0.2) is 0 Å². The molecule has 2 aromatic carbocycles. The van der Waals surface area contributed by atoms with Gasteiger partial charge < -0.3 is 11.1 Å². The highest BCUT2D eigenvalue weighted by Gasteiger charge is 2.14. The summed E-state index contributed by atoms with van der Waals surface area (Å²) in [6, 6.07) is 16.2. The van der Waals surface area contributed by atoms with E-state index >= 15 is 0 Å². The highest BCUT2D eigenvalue weighted by atomic mass is 127. The summed E-state index contributed by atoms with van der Waals surface area (Å²) in [5, 5.41) is 20.2. The van der Waals surface area contributed by atoms with Gasteiger partial charge in [-0.25, -0.2) is 4.98 Å². The number of rotatable bonds is 4. The quantitative estimate of drug-likeness (QED) is 0.267. The van der Waals surface area contributed by atoms with E-state index in [1.807, 2.05) is 37.3 Å². The second kappa shape index (κ2) is 9.30. The first-order chi connectivity index (χ1) is 13.4. The van der Waals surface area contributed by atoms with Crippen molar-refractivity contribution in [3.05, 3.63) is 88.2 Å². The Morgan fingerprint density at radius 3 is 2.48 bits per heavy atom. The van der Waals surface area contributed by atoms with Gasteiger partial charge in [-0.05, 0) is 43.7 Å². The Morgan fingerprint density at radius 2 is 1.86 bits per heavy atom. The van der Waals surface area contributed by atoms with E-state index in [4.69, 9.17) is 16.4 Å². The highest BCUT2D eigenvalue weighted by Crippen LogP contribution is 2.22. The number of nitrogen functional groups attached to an aromatic ring is 1. The Bertz CT molecular complexity index is 1130. The summed E-state index contributed by atoms with van der Waals surface area (Å²) in [5.41, 5.74) is 10.9. The van der Waals surface area contributed by atoms with E-state index in [-0.39, 0.29) is 44.1 Å². The van der Waals surface area contributed by atoms with E-state index in [1.54, 1.807) is 31.2 Å². The number of aryl methyl sites for hydroxylation is 2. The number of halogens is 1. The molecule has 0 bridgehead atoms. The number of nitriles is 1. The summed E-state index contributed by atoms with van der Waals surface area (Å²) >= 11 is 0. The van der Waals surface area contributed by atoms with E-state index in [2.05, 4.69) is 10.3 Å². The Kier molecular flexibility index (Phi) is 7.07. The first-order valence-electron chi connectivity index (χ1n) is 8.62. The van der Waals surface area contributed by atoms with Crippen LogP contribution in [0, 0.1) is 30.6 Å². The molecule has 0 aliphatic rings. The molecular weight excluding hydrogens is 477 g/mol. The predicted molar refractivity (Wildman–Crippen MR) is 129 cm³/mol. The molecule has 1 heterocycles. The SMILES string of the molecule is Cc1ccc(C(=N)c2cc(NC(=O)c3ncc(C#N)cc3C)ccc2N)cc1.I.[HH].[HH]. The van der Waals surface area contributed by atoms with Crippen LogP contribution in [-0.4, -0.2) is 16.6 Å². The predicted octanol–water partition coefficient (Wildman–Crippen LogP) is 4.93. The van der Waals surface area contributed by atoms with Crippen molar-refractivity contribution >= 4 is 47.0 Å². The van der Waals surface area contributed by atoms with Gasteiger partial charge in [0.1, 0.15) is 11.8 Å². The molecule has 150 valence electrons. The molecule has 0 unspecified atom stereocenters. The zero-order chi connectivity index (χ0) is 20.3.